The lowest BCUT2D eigenvalue weighted by atomic mass is 10.1. The van der Waals surface area contributed by atoms with Gasteiger partial charge in [0.25, 0.3) is 11.8 Å². The molecule has 0 aliphatic rings. The molecule has 0 aromatic heterocycles. The Balaban J connectivity index is 2.07. The summed E-state index contributed by atoms with van der Waals surface area (Å²) in [5.41, 5.74) is 9.02. The monoisotopic (exact) mass is 456 g/mol. The number of carbonyl (C=O) groups excluding carboxylic acids is 3. The molecule has 10 heteroatoms. The second-order valence-corrected chi connectivity index (χ2v) is 6.74. The second-order valence-electron chi connectivity index (χ2n) is 6.74. The molecule has 2 aromatic carbocycles. The largest absolute Gasteiger partial charge is 0.490 e. The molecular weight excluding hydrogens is 428 g/mol. The van der Waals surface area contributed by atoms with Crippen molar-refractivity contribution in [2.45, 2.75) is 26.3 Å². The summed E-state index contributed by atoms with van der Waals surface area (Å²) < 4.78 is 15.7. The number of nitrogens with one attached hydrogen (secondary N) is 2. The number of benzene rings is 2. The summed E-state index contributed by atoms with van der Waals surface area (Å²) in [5, 5.41) is 6.53. The summed E-state index contributed by atoms with van der Waals surface area (Å²) in [4.78, 5) is 35.5. The van der Waals surface area contributed by atoms with Crippen LogP contribution < -0.4 is 25.9 Å². The highest BCUT2D eigenvalue weighted by Crippen LogP contribution is 2.28. The molecule has 10 nitrogen and oxygen atoms in total. The maximum atomic E-state index is 12.7. The van der Waals surface area contributed by atoms with Crippen LogP contribution in [-0.2, 0) is 20.7 Å². The zero-order chi connectivity index (χ0) is 24.1. The number of ether oxygens (including phenoxy) is 3. The fourth-order valence-electron chi connectivity index (χ4n) is 2.76. The van der Waals surface area contributed by atoms with Crippen molar-refractivity contribution in [3.05, 3.63) is 59.7 Å². The van der Waals surface area contributed by atoms with E-state index in [-0.39, 0.29) is 19.6 Å². The highest BCUT2D eigenvalue weighted by molar-refractivity contribution is 5.88. The van der Waals surface area contributed by atoms with Crippen molar-refractivity contribution in [2.24, 2.45) is 10.8 Å². The van der Waals surface area contributed by atoms with Crippen LogP contribution in [0.2, 0.25) is 0 Å². The Morgan fingerprint density at radius 2 is 1.79 bits per heavy atom. The Morgan fingerprint density at radius 1 is 1.03 bits per heavy atom. The average Bonchev–Trinajstić information content (AvgIpc) is 2.79. The van der Waals surface area contributed by atoms with E-state index in [1.165, 1.54) is 6.21 Å². The van der Waals surface area contributed by atoms with E-state index in [0.717, 1.165) is 5.56 Å². The van der Waals surface area contributed by atoms with E-state index >= 15 is 0 Å². The van der Waals surface area contributed by atoms with Crippen LogP contribution in [0, 0.1) is 0 Å². The van der Waals surface area contributed by atoms with Crippen LogP contribution in [0.25, 0.3) is 0 Å². The van der Waals surface area contributed by atoms with Crippen molar-refractivity contribution in [1.29, 1.82) is 0 Å². The van der Waals surface area contributed by atoms with Gasteiger partial charge in [0.2, 0.25) is 0 Å². The number of amides is 3. The van der Waals surface area contributed by atoms with Gasteiger partial charge in [-0.3, -0.25) is 9.59 Å². The topological polar surface area (TPSA) is 141 Å². The van der Waals surface area contributed by atoms with Gasteiger partial charge in [0, 0.05) is 6.42 Å². The van der Waals surface area contributed by atoms with E-state index in [1.54, 1.807) is 25.1 Å². The minimum absolute atomic E-state index is 0.185. The van der Waals surface area contributed by atoms with Crippen LogP contribution in [-0.4, -0.2) is 50.0 Å². The van der Waals surface area contributed by atoms with Crippen LogP contribution in [0.3, 0.4) is 0 Å². The Morgan fingerprint density at radius 3 is 2.45 bits per heavy atom. The van der Waals surface area contributed by atoms with Gasteiger partial charge in [0.15, 0.2) is 18.1 Å². The number of nitrogens with two attached hydrogens (primary N) is 1. The zero-order valence-corrected chi connectivity index (χ0v) is 18.6. The fraction of sp³-hybridized carbons (Fsp3) is 0.304. The first-order chi connectivity index (χ1) is 15.9. The van der Waals surface area contributed by atoms with E-state index in [2.05, 4.69) is 15.8 Å². The number of primary amides is 1. The molecule has 0 saturated heterocycles. The molecule has 0 aliphatic carbocycles. The molecule has 2 aromatic rings. The molecule has 176 valence electrons. The molecule has 0 spiro atoms. The first-order valence-electron chi connectivity index (χ1n) is 10.4. The maximum Gasteiger partial charge on any atom is 0.407 e. The van der Waals surface area contributed by atoms with E-state index in [1.807, 2.05) is 37.3 Å². The molecule has 1 atom stereocenters. The SMILES string of the molecule is CCOC(=O)N[C@H](Cc1ccccc1)C(=O)N/N=C\c1ccc(OCC(N)=O)c(OCC)c1. The Hall–Kier alpha value is -4.08. The van der Waals surface area contributed by atoms with E-state index in [0.29, 0.717) is 23.7 Å². The minimum Gasteiger partial charge on any atom is -0.490 e. The number of carbonyl (C=O) groups is 3. The van der Waals surface area contributed by atoms with Crippen LogP contribution >= 0.6 is 0 Å². The molecule has 0 heterocycles. The summed E-state index contributed by atoms with van der Waals surface area (Å²) in [5.74, 6) is -0.347. The lowest BCUT2D eigenvalue weighted by Crippen LogP contribution is -2.47. The molecule has 0 radical (unpaired) electrons. The number of nitrogens with zero attached hydrogens (tertiary/aromatic N) is 1. The molecule has 0 bridgehead atoms. The highest BCUT2D eigenvalue weighted by atomic mass is 16.5. The standard InChI is InChI=1S/C23H28N4O6/c1-3-31-20-13-17(10-11-19(20)33-15-21(24)28)14-25-27-22(29)18(26-23(30)32-4-2)12-16-8-6-5-7-9-16/h5-11,13-14,18H,3-4,12,15H2,1-2H3,(H2,24,28)(H,26,30)(H,27,29)/b25-14-/t18-/m1/s1. The fourth-order valence-corrected chi connectivity index (χ4v) is 2.76. The van der Waals surface area contributed by atoms with Crippen LogP contribution in [0.15, 0.2) is 53.6 Å². The van der Waals surface area contributed by atoms with Crippen LogP contribution in [0.4, 0.5) is 4.79 Å². The molecule has 2 rings (SSSR count). The van der Waals surface area contributed by atoms with Crippen molar-refractivity contribution in [2.75, 3.05) is 19.8 Å². The number of alkyl carbamates (subject to hydrolysis) is 1. The van der Waals surface area contributed by atoms with Crippen molar-refractivity contribution in [1.82, 2.24) is 10.7 Å². The van der Waals surface area contributed by atoms with Crippen molar-refractivity contribution < 1.29 is 28.6 Å². The van der Waals surface area contributed by atoms with Gasteiger partial charge in [-0.2, -0.15) is 5.10 Å². The van der Waals surface area contributed by atoms with Crippen molar-refractivity contribution in [3.8, 4) is 11.5 Å². The minimum atomic E-state index is -0.882. The number of hydrazone groups is 1. The molecule has 0 aliphatic heterocycles. The first-order valence-corrected chi connectivity index (χ1v) is 10.4. The Bertz CT molecular complexity index is 965. The first kappa shape index (κ1) is 25.2. The van der Waals surface area contributed by atoms with Gasteiger partial charge in [-0.1, -0.05) is 30.3 Å². The predicted octanol–water partition coefficient (Wildman–Crippen LogP) is 1.76. The lowest BCUT2D eigenvalue weighted by Gasteiger charge is -2.17. The average molecular weight is 456 g/mol. The van der Waals surface area contributed by atoms with Gasteiger partial charge in [-0.15, -0.1) is 0 Å². The summed E-state index contributed by atoms with van der Waals surface area (Å²) in [6.07, 6.45) is 0.995. The van der Waals surface area contributed by atoms with Crippen molar-refractivity contribution in [3.63, 3.8) is 0 Å². The molecule has 3 amide bonds. The van der Waals surface area contributed by atoms with Gasteiger partial charge < -0.3 is 25.3 Å². The van der Waals surface area contributed by atoms with Crippen LogP contribution in [0.1, 0.15) is 25.0 Å². The van der Waals surface area contributed by atoms with Crippen molar-refractivity contribution >= 4 is 24.1 Å². The van der Waals surface area contributed by atoms with Gasteiger partial charge >= 0.3 is 6.09 Å². The maximum absolute atomic E-state index is 12.7. The smallest absolute Gasteiger partial charge is 0.407 e. The highest BCUT2D eigenvalue weighted by Gasteiger charge is 2.21. The zero-order valence-electron chi connectivity index (χ0n) is 18.6. The quantitative estimate of drug-likeness (QED) is 0.328. The van der Waals surface area contributed by atoms with E-state index in [9.17, 15) is 14.4 Å². The van der Waals surface area contributed by atoms with Gasteiger partial charge in [-0.25, -0.2) is 10.2 Å². The van der Waals surface area contributed by atoms with Gasteiger partial charge in [-0.05, 0) is 43.2 Å². The third kappa shape index (κ3) is 8.90. The lowest BCUT2D eigenvalue weighted by molar-refractivity contribution is -0.123. The van der Waals surface area contributed by atoms with Gasteiger partial charge in [0.05, 0.1) is 19.4 Å². The number of rotatable bonds is 12. The van der Waals surface area contributed by atoms with Gasteiger partial charge in [0.1, 0.15) is 6.04 Å². The summed E-state index contributed by atoms with van der Waals surface area (Å²) in [6.45, 7) is 3.77. The van der Waals surface area contributed by atoms with E-state index in [4.69, 9.17) is 19.9 Å². The second kappa shape index (κ2) is 13.4. The predicted molar refractivity (Wildman–Crippen MR) is 122 cm³/mol. The third-order valence-electron chi connectivity index (χ3n) is 4.19. The molecule has 0 unspecified atom stereocenters. The number of hydrogen-bond acceptors (Lipinski definition) is 7. The molecule has 4 N–H and O–H groups in total. The summed E-state index contributed by atoms with van der Waals surface area (Å²) >= 11 is 0. The summed E-state index contributed by atoms with van der Waals surface area (Å²) in [6, 6.07) is 13.3. The third-order valence-corrected chi connectivity index (χ3v) is 4.19. The molecule has 0 saturated carbocycles. The summed E-state index contributed by atoms with van der Waals surface area (Å²) in [7, 11) is 0. The normalized spacial score (nSPS) is 11.5. The molecule has 0 fully saturated rings. The van der Waals surface area contributed by atoms with Crippen LogP contribution in [0.5, 0.6) is 11.5 Å². The van der Waals surface area contributed by atoms with E-state index < -0.39 is 23.9 Å². The Labute approximate surface area is 192 Å². The molecule has 33 heavy (non-hydrogen) atoms. The Kier molecular flexibility index (Phi) is 10.2. The molecular formula is C23H28N4O6. The number of hydrogen-bond donors (Lipinski definition) is 3.